The number of anilines is 1. The number of benzene rings is 2. The van der Waals surface area contributed by atoms with E-state index in [-0.39, 0.29) is 6.54 Å². The van der Waals surface area contributed by atoms with E-state index in [0.717, 1.165) is 27.3 Å². The van der Waals surface area contributed by atoms with Gasteiger partial charge in [-0.2, -0.15) is 5.10 Å². The molecule has 2 aromatic carbocycles. The molecule has 1 N–H and O–H groups in total. The van der Waals surface area contributed by atoms with Crippen molar-refractivity contribution >= 4 is 27.8 Å². The van der Waals surface area contributed by atoms with Crippen LogP contribution in [0.15, 0.2) is 60.2 Å². The monoisotopic (exact) mass is 415 g/mol. The number of rotatable bonds is 9. The van der Waals surface area contributed by atoms with Crippen LogP contribution < -0.4 is 14.5 Å². The zero-order valence-corrected chi connectivity index (χ0v) is 17.6. The first-order valence-corrected chi connectivity index (χ1v) is 10.8. The topological polar surface area (TPSA) is 88.1 Å². The average Bonchev–Trinajstić information content (AvgIpc) is 2.66. The molecule has 0 radical (unpaired) electrons. The summed E-state index contributed by atoms with van der Waals surface area (Å²) in [5, 5.41) is 3.90. The minimum absolute atomic E-state index is 0.366. The number of hydrogen-bond donors (Lipinski definition) is 1. The van der Waals surface area contributed by atoms with E-state index in [9.17, 15) is 13.2 Å². The maximum Gasteiger partial charge on any atom is 0.260 e. The van der Waals surface area contributed by atoms with Gasteiger partial charge in [0.2, 0.25) is 10.0 Å². The molecule has 0 unspecified atom stereocenters. The van der Waals surface area contributed by atoms with E-state index in [4.69, 9.17) is 4.74 Å². The van der Waals surface area contributed by atoms with Crippen LogP contribution >= 0.6 is 0 Å². The van der Waals surface area contributed by atoms with Crippen molar-refractivity contribution in [3.05, 3.63) is 71.8 Å². The lowest BCUT2D eigenvalue weighted by molar-refractivity contribution is -0.119. The van der Waals surface area contributed by atoms with Gasteiger partial charge in [0.15, 0.2) is 0 Å². The van der Waals surface area contributed by atoms with Crippen molar-refractivity contribution in [1.29, 1.82) is 0 Å². The molecular weight excluding hydrogens is 390 g/mol. The second-order valence-electron chi connectivity index (χ2n) is 6.52. The molecule has 0 aliphatic carbocycles. The Balaban J connectivity index is 2.04. The summed E-state index contributed by atoms with van der Waals surface area (Å²) in [5.74, 6) is 0.155. The van der Waals surface area contributed by atoms with Crippen LogP contribution in [-0.2, 0) is 14.8 Å². The normalized spacial score (nSPS) is 11.3. The Kier molecular flexibility index (Phi) is 7.55. The number of sulfonamides is 1. The SMILES string of the molecule is C=CCOc1ccc(/C=N\NC(=O)CN(c2cc(C)ccc2C)S(C)(=O)=O)cc1. The Morgan fingerprint density at radius 2 is 1.90 bits per heavy atom. The molecular formula is C21H25N3O4S. The summed E-state index contributed by atoms with van der Waals surface area (Å²) in [6, 6.07) is 12.6. The molecule has 2 rings (SSSR count). The van der Waals surface area contributed by atoms with Crippen molar-refractivity contribution in [2.75, 3.05) is 23.7 Å². The summed E-state index contributed by atoms with van der Waals surface area (Å²) in [7, 11) is -3.64. The fraction of sp³-hybridized carbons (Fsp3) is 0.238. The number of amides is 1. The molecule has 29 heavy (non-hydrogen) atoms. The molecule has 0 aliphatic heterocycles. The van der Waals surface area contributed by atoms with Crippen molar-refractivity contribution in [1.82, 2.24) is 5.43 Å². The second-order valence-corrected chi connectivity index (χ2v) is 8.43. The Bertz CT molecular complexity index is 999. The van der Waals surface area contributed by atoms with Gasteiger partial charge in [0, 0.05) is 0 Å². The molecule has 0 aromatic heterocycles. The molecule has 0 spiro atoms. The quantitative estimate of drug-likeness (QED) is 0.388. The van der Waals surface area contributed by atoms with Crippen molar-refractivity contribution < 1.29 is 17.9 Å². The van der Waals surface area contributed by atoms with Crippen LogP contribution in [0.5, 0.6) is 5.75 Å². The van der Waals surface area contributed by atoms with Crippen LogP contribution in [0.4, 0.5) is 5.69 Å². The first-order valence-electron chi connectivity index (χ1n) is 8.91. The van der Waals surface area contributed by atoms with Crippen LogP contribution in [0.3, 0.4) is 0 Å². The molecule has 1 amide bonds. The summed E-state index contributed by atoms with van der Waals surface area (Å²) in [6.07, 6.45) is 4.20. The summed E-state index contributed by atoms with van der Waals surface area (Å²) in [5.41, 5.74) is 5.26. The molecule has 0 atom stereocenters. The van der Waals surface area contributed by atoms with Gasteiger partial charge in [-0.05, 0) is 60.9 Å². The van der Waals surface area contributed by atoms with Gasteiger partial charge in [-0.3, -0.25) is 9.10 Å². The van der Waals surface area contributed by atoms with E-state index >= 15 is 0 Å². The Morgan fingerprint density at radius 1 is 1.21 bits per heavy atom. The van der Waals surface area contributed by atoms with Crippen LogP contribution in [0, 0.1) is 13.8 Å². The number of ether oxygens (including phenoxy) is 1. The van der Waals surface area contributed by atoms with Gasteiger partial charge in [-0.25, -0.2) is 13.8 Å². The summed E-state index contributed by atoms with van der Waals surface area (Å²) in [4.78, 5) is 12.3. The second kappa shape index (κ2) is 9.88. The fourth-order valence-corrected chi connectivity index (χ4v) is 3.42. The first-order chi connectivity index (χ1) is 13.7. The van der Waals surface area contributed by atoms with Crippen molar-refractivity contribution in [2.24, 2.45) is 5.10 Å². The lowest BCUT2D eigenvalue weighted by Gasteiger charge is -2.23. The maximum atomic E-state index is 12.3. The van der Waals surface area contributed by atoms with Crippen LogP contribution in [-0.4, -0.2) is 39.9 Å². The van der Waals surface area contributed by atoms with Gasteiger partial charge in [-0.1, -0.05) is 24.8 Å². The molecule has 0 aliphatic rings. The molecule has 2 aromatic rings. The van der Waals surface area contributed by atoms with Crippen molar-refractivity contribution in [3.8, 4) is 5.75 Å². The average molecular weight is 416 g/mol. The highest BCUT2D eigenvalue weighted by Crippen LogP contribution is 2.23. The van der Waals surface area contributed by atoms with E-state index in [0.29, 0.717) is 18.0 Å². The highest BCUT2D eigenvalue weighted by atomic mass is 32.2. The zero-order chi connectivity index (χ0) is 21.4. The highest BCUT2D eigenvalue weighted by molar-refractivity contribution is 7.92. The first kappa shape index (κ1) is 22.2. The number of hydrazone groups is 1. The number of nitrogens with one attached hydrogen (secondary N) is 1. The van der Waals surface area contributed by atoms with Gasteiger partial charge in [0.1, 0.15) is 18.9 Å². The van der Waals surface area contributed by atoms with E-state index in [1.807, 2.05) is 19.1 Å². The third kappa shape index (κ3) is 6.76. The third-order valence-corrected chi connectivity index (χ3v) is 5.10. The predicted molar refractivity (Wildman–Crippen MR) is 116 cm³/mol. The molecule has 0 saturated carbocycles. The lowest BCUT2D eigenvalue weighted by Crippen LogP contribution is -2.39. The molecule has 7 nitrogen and oxygen atoms in total. The standard InChI is InChI=1S/C21H25N3O4S/c1-5-12-28-19-10-8-18(9-11-19)14-22-23-21(25)15-24(29(4,26)27)20-13-16(2)6-7-17(20)3/h5-11,13-14H,1,12,15H2,2-4H3,(H,23,25)/b22-14-. The summed E-state index contributed by atoms with van der Waals surface area (Å²) in [6.45, 7) is 7.30. The van der Waals surface area contributed by atoms with Crippen LogP contribution in [0.2, 0.25) is 0 Å². The minimum Gasteiger partial charge on any atom is -0.490 e. The van der Waals surface area contributed by atoms with E-state index < -0.39 is 15.9 Å². The van der Waals surface area contributed by atoms with Gasteiger partial charge in [-0.15, -0.1) is 0 Å². The molecule has 0 saturated heterocycles. The minimum atomic E-state index is -3.64. The maximum absolute atomic E-state index is 12.3. The molecule has 154 valence electrons. The van der Waals surface area contributed by atoms with Gasteiger partial charge in [0.05, 0.1) is 18.2 Å². The number of hydrogen-bond acceptors (Lipinski definition) is 5. The largest absolute Gasteiger partial charge is 0.490 e. The molecule has 0 fully saturated rings. The van der Waals surface area contributed by atoms with Crippen molar-refractivity contribution in [2.45, 2.75) is 13.8 Å². The lowest BCUT2D eigenvalue weighted by atomic mass is 10.1. The number of aryl methyl sites for hydroxylation is 2. The smallest absolute Gasteiger partial charge is 0.260 e. The van der Waals surface area contributed by atoms with E-state index in [1.165, 1.54) is 6.21 Å². The van der Waals surface area contributed by atoms with Crippen LogP contribution in [0.1, 0.15) is 16.7 Å². The van der Waals surface area contributed by atoms with Gasteiger partial charge in [0.25, 0.3) is 5.91 Å². The molecule has 0 heterocycles. The summed E-state index contributed by atoms with van der Waals surface area (Å²) < 4.78 is 30.9. The number of carbonyl (C=O) groups is 1. The Labute approximate surface area is 171 Å². The summed E-state index contributed by atoms with van der Waals surface area (Å²) >= 11 is 0. The fourth-order valence-electron chi connectivity index (χ4n) is 2.52. The molecule has 0 bridgehead atoms. The zero-order valence-electron chi connectivity index (χ0n) is 16.8. The van der Waals surface area contributed by atoms with Crippen molar-refractivity contribution in [3.63, 3.8) is 0 Å². The third-order valence-electron chi connectivity index (χ3n) is 3.97. The number of carbonyl (C=O) groups excluding carboxylic acids is 1. The van der Waals surface area contributed by atoms with E-state index in [2.05, 4.69) is 17.1 Å². The van der Waals surface area contributed by atoms with Gasteiger partial charge < -0.3 is 4.74 Å². The van der Waals surface area contributed by atoms with Gasteiger partial charge >= 0.3 is 0 Å². The number of nitrogens with zero attached hydrogens (tertiary/aromatic N) is 2. The van der Waals surface area contributed by atoms with E-state index in [1.54, 1.807) is 43.3 Å². The Morgan fingerprint density at radius 3 is 2.52 bits per heavy atom. The highest BCUT2D eigenvalue weighted by Gasteiger charge is 2.22. The van der Waals surface area contributed by atoms with Crippen LogP contribution in [0.25, 0.3) is 0 Å². The Hall–Kier alpha value is -3.13. The molecule has 8 heteroatoms. The predicted octanol–water partition coefficient (Wildman–Crippen LogP) is 2.78.